The summed E-state index contributed by atoms with van der Waals surface area (Å²) in [5.41, 5.74) is 1.39. The molecule has 0 spiro atoms. The molecular weight excluding hydrogens is 432 g/mol. The molecule has 0 unspecified atom stereocenters. The quantitative estimate of drug-likeness (QED) is 0.563. The van der Waals surface area contributed by atoms with Crippen molar-refractivity contribution in [1.82, 2.24) is 0 Å². The molecule has 4 heteroatoms. The summed E-state index contributed by atoms with van der Waals surface area (Å²) in [6.45, 7) is 0. The number of hydrogen-bond acceptors (Lipinski definition) is 2. The van der Waals surface area contributed by atoms with Crippen LogP contribution in [0.1, 0.15) is 12.0 Å². The topological polar surface area (TPSA) is 40.5 Å². The predicted octanol–water partition coefficient (Wildman–Crippen LogP) is 3.39. The van der Waals surface area contributed by atoms with Gasteiger partial charge in [-0.15, -0.1) is 0 Å². The zero-order valence-electron chi connectivity index (χ0n) is 12.6. The van der Waals surface area contributed by atoms with E-state index in [-0.39, 0.29) is 6.42 Å². The SMILES string of the molecule is OC1(O)CC(Br)=c2ccccc2=C1c1ccc(Br)c2ccccc12. The van der Waals surface area contributed by atoms with E-state index in [9.17, 15) is 10.2 Å². The molecule has 0 amide bonds. The standard InChI is InChI=1S/C20H14Br2O2/c21-17-10-9-16(12-5-1-2-6-13(12)17)19-15-8-4-3-7-14(15)18(22)11-20(19,23)24/h1-10,23-24H,11H2. The lowest BCUT2D eigenvalue weighted by Crippen LogP contribution is -2.44. The summed E-state index contributed by atoms with van der Waals surface area (Å²) >= 11 is 7.08. The van der Waals surface area contributed by atoms with Crippen LogP contribution in [0.2, 0.25) is 0 Å². The highest BCUT2D eigenvalue weighted by molar-refractivity contribution is 9.14. The number of halogens is 2. The van der Waals surface area contributed by atoms with E-state index in [0.29, 0.717) is 5.57 Å². The van der Waals surface area contributed by atoms with Crippen LogP contribution in [0.5, 0.6) is 0 Å². The molecule has 0 saturated heterocycles. The fourth-order valence-corrected chi connectivity index (χ4v) is 4.61. The highest BCUT2D eigenvalue weighted by Crippen LogP contribution is 2.37. The van der Waals surface area contributed by atoms with E-state index >= 15 is 0 Å². The van der Waals surface area contributed by atoms with Gasteiger partial charge >= 0.3 is 0 Å². The third-order valence-electron chi connectivity index (χ3n) is 4.43. The second kappa shape index (κ2) is 5.81. The number of rotatable bonds is 1. The fourth-order valence-electron chi connectivity index (χ4n) is 3.39. The van der Waals surface area contributed by atoms with Crippen molar-refractivity contribution < 1.29 is 10.2 Å². The van der Waals surface area contributed by atoms with Crippen molar-refractivity contribution in [3.63, 3.8) is 0 Å². The molecule has 24 heavy (non-hydrogen) atoms. The lowest BCUT2D eigenvalue weighted by molar-refractivity contribution is -0.103. The molecule has 1 aliphatic rings. The maximum Gasteiger partial charge on any atom is 0.195 e. The Bertz CT molecular complexity index is 1080. The molecule has 1 aliphatic carbocycles. The molecule has 2 N–H and O–H groups in total. The summed E-state index contributed by atoms with van der Waals surface area (Å²) in [5.74, 6) is -1.93. The van der Waals surface area contributed by atoms with Crippen LogP contribution < -0.4 is 10.4 Å². The average Bonchev–Trinajstić information content (AvgIpc) is 2.56. The van der Waals surface area contributed by atoms with Crippen LogP contribution in [-0.4, -0.2) is 16.0 Å². The smallest absolute Gasteiger partial charge is 0.195 e. The maximum absolute atomic E-state index is 10.8. The predicted molar refractivity (Wildman–Crippen MR) is 104 cm³/mol. The van der Waals surface area contributed by atoms with Crippen molar-refractivity contribution in [3.05, 3.63) is 81.1 Å². The van der Waals surface area contributed by atoms with E-state index in [0.717, 1.165) is 35.7 Å². The third kappa shape index (κ3) is 2.45. The van der Waals surface area contributed by atoms with Gasteiger partial charge in [0.25, 0.3) is 0 Å². The van der Waals surface area contributed by atoms with Gasteiger partial charge in [0.1, 0.15) is 0 Å². The van der Waals surface area contributed by atoms with Crippen molar-refractivity contribution in [3.8, 4) is 0 Å². The Morgan fingerprint density at radius 1 is 0.750 bits per heavy atom. The molecule has 4 rings (SSSR count). The molecule has 0 heterocycles. The lowest BCUT2D eigenvalue weighted by Gasteiger charge is -2.29. The molecule has 3 aromatic carbocycles. The Morgan fingerprint density at radius 3 is 2.12 bits per heavy atom. The Hall–Kier alpha value is -1.46. The van der Waals surface area contributed by atoms with E-state index in [1.807, 2.05) is 60.7 Å². The van der Waals surface area contributed by atoms with Crippen LogP contribution in [0.25, 0.3) is 20.8 Å². The summed E-state index contributed by atoms with van der Waals surface area (Å²) in [5, 5.41) is 25.5. The van der Waals surface area contributed by atoms with Gasteiger partial charge in [0.05, 0.1) is 0 Å². The summed E-state index contributed by atoms with van der Waals surface area (Å²) in [6.07, 6.45) is 0.129. The van der Waals surface area contributed by atoms with E-state index in [1.54, 1.807) is 0 Å². The molecule has 0 aliphatic heterocycles. The van der Waals surface area contributed by atoms with Gasteiger partial charge in [-0.05, 0) is 32.8 Å². The van der Waals surface area contributed by atoms with Gasteiger partial charge in [-0.1, -0.05) is 86.5 Å². The number of fused-ring (bicyclic) bond motifs is 2. The van der Waals surface area contributed by atoms with Crippen LogP contribution in [0.3, 0.4) is 0 Å². The first-order valence-corrected chi connectivity index (χ1v) is 9.18. The highest BCUT2D eigenvalue weighted by atomic mass is 79.9. The summed E-state index contributed by atoms with van der Waals surface area (Å²) < 4.78 is 1.79. The third-order valence-corrected chi connectivity index (χ3v) is 5.83. The zero-order valence-corrected chi connectivity index (χ0v) is 15.8. The Balaban J connectivity index is 2.22. The molecular formula is C20H14Br2O2. The van der Waals surface area contributed by atoms with Gasteiger partial charge in [-0.2, -0.15) is 0 Å². The Morgan fingerprint density at radius 2 is 1.38 bits per heavy atom. The van der Waals surface area contributed by atoms with Gasteiger partial charge in [0.2, 0.25) is 0 Å². The van der Waals surface area contributed by atoms with Crippen LogP contribution in [-0.2, 0) is 0 Å². The highest BCUT2D eigenvalue weighted by Gasteiger charge is 2.35. The second-order valence-electron chi connectivity index (χ2n) is 5.96. The Kier molecular flexibility index (Phi) is 3.88. The summed E-state index contributed by atoms with van der Waals surface area (Å²) in [7, 11) is 0. The van der Waals surface area contributed by atoms with Crippen molar-refractivity contribution in [2.45, 2.75) is 12.2 Å². The molecule has 2 nitrogen and oxygen atoms in total. The van der Waals surface area contributed by atoms with E-state index in [1.165, 1.54) is 0 Å². The van der Waals surface area contributed by atoms with Crippen LogP contribution >= 0.6 is 31.9 Å². The monoisotopic (exact) mass is 444 g/mol. The molecule has 0 bridgehead atoms. The zero-order chi connectivity index (χ0) is 16.9. The molecule has 0 fully saturated rings. The first-order chi connectivity index (χ1) is 11.5. The average molecular weight is 446 g/mol. The lowest BCUT2D eigenvalue weighted by atomic mass is 9.86. The number of aliphatic hydroxyl groups is 2. The largest absolute Gasteiger partial charge is 0.362 e. The summed E-state index contributed by atoms with van der Waals surface area (Å²) in [6, 6.07) is 19.7. The minimum atomic E-state index is -1.93. The fraction of sp³-hybridized carbons (Fsp3) is 0.100. The van der Waals surface area contributed by atoms with Crippen molar-refractivity contribution in [2.75, 3.05) is 0 Å². The summed E-state index contributed by atoms with van der Waals surface area (Å²) in [4.78, 5) is 0. The molecule has 120 valence electrons. The van der Waals surface area contributed by atoms with Gasteiger partial charge in [0.15, 0.2) is 5.79 Å². The molecule has 0 atom stereocenters. The number of hydrogen-bond donors (Lipinski definition) is 2. The Labute approximate surface area is 156 Å². The number of benzene rings is 3. The van der Waals surface area contributed by atoms with Crippen LogP contribution in [0.15, 0.2) is 65.1 Å². The molecule has 0 radical (unpaired) electrons. The van der Waals surface area contributed by atoms with Gasteiger partial charge in [0, 0.05) is 20.9 Å². The molecule has 0 saturated carbocycles. The van der Waals surface area contributed by atoms with E-state index < -0.39 is 5.79 Å². The van der Waals surface area contributed by atoms with Gasteiger partial charge < -0.3 is 10.2 Å². The van der Waals surface area contributed by atoms with E-state index in [4.69, 9.17) is 0 Å². The van der Waals surface area contributed by atoms with E-state index in [2.05, 4.69) is 31.9 Å². The molecule has 3 aromatic rings. The van der Waals surface area contributed by atoms with Crippen molar-refractivity contribution in [2.24, 2.45) is 0 Å². The minimum Gasteiger partial charge on any atom is -0.362 e. The van der Waals surface area contributed by atoms with Gasteiger partial charge in [-0.25, -0.2) is 0 Å². The molecule has 0 aromatic heterocycles. The van der Waals surface area contributed by atoms with Crippen LogP contribution in [0.4, 0.5) is 0 Å². The van der Waals surface area contributed by atoms with Crippen molar-refractivity contribution in [1.29, 1.82) is 0 Å². The van der Waals surface area contributed by atoms with Gasteiger partial charge in [-0.3, -0.25) is 0 Å². The normalized spacial score (nSPS) is 16.3. The minimum absolute atomic E-state index is 0.129. The second-order valence-corrected chi connectivity index (χ2v) is 7.77. The van der Waals surface area contributed by atoms with Crippen molar-refractivity contribution >= 4 is 52.7 Å². The maximum atomic E-state index is 10.8. The first kappa shape index (κ1) is 16.0. The first-order valence-electron chi connectivity index (χ1n) is 7.60. The van der Waals surface area contributed by atoms with Crippen LogP contribution in [0, 0.1) is 0 Å².